The van der Waals surface area contributed by atoms with Crippen molar-refractivity contribution in [3.05, 3.63) is 168 Å². The summed E-state index contributed by atoms with van der Waals surface area (Å²) in [6.45, 7) is 15.5. The maximum atomic E-state index is 2.42. The number of hydrogen-bond acceptors (Lipinski definition) is 0. The lowest BCUT2D eigenvalue weighted by atomic mass is 9.85. The average Bonchev–Trinajstić information content (AvgIpc) is 3.16. The normalized spacial score (nSPS) is 12.0. The lowest BCUT2D eigenvalue weighted by Gasteiger charge is -2.18. The van der Waals surface area contributed by atoms with Crippen LogP contribution < -0.4 is 0 Å². The molecule has 0 N–H and O–H groups in total. The topological polar surface area (TPSA) is 0 Å². The molecular weight excluding hydrogens is 601 g/mol. The SMILES string of the molecule is CCC.CCC(C)=C[C@H](c1ccccc1)C(C)C.CCc1ccc(-c2c3ccccc3c(-c3ccc4ccccc4c3)c3ccccc23)cc1. The summed E-state index contributed by atoms with van der Waals surface area (Å²) in [5.74, 6) is 1.22. The quantitative estimate of drug-likeness (QED) is 0.118. The van der Waals surface area contributed by atoms with Crippen LogP contribution in [0, 0.1) is 5.92 Å². The van der Waals surface area contributed by atoms with Crippen LogP contribution in [0.25, 0.3) is 54.6 Å². The molecule has 0 saturated heterocycles. The van der Waals surface area contributed by atoms with Crippen molar-refractivity contribution in [2.45, 2.75) is 73.6 Å². The van der Waals surface area contributed by atoms with Crippen LogP contribution in [0.2, 0.25) is 0 Å². The molecule has 1 atom stereocenters. The number of hydrogen-bond donors (Lipinski definition) is 0. The van der Waals surface area contributed by atoms with Gasteiger partial charge >= 0.3 is 0 Å². The largest absolute Gasteiger partial charge is 0.0778 e. The van der Waals surface area contributed by atoms with E-state index in [1.165, 1.54) is 77.7 Å². The Morgan fingerprint density at radius 3 is 1.48 bits per heavy atom. The summed E-state index contributed by atoms with van der Waals surface area (Å²) >= 11 is 0. The van der Waals surface area contributed by atoms with E-state index in [2.05, 4.69) is 200 Å². The number of allylic oxidation sites excluding steroid dienone is 2. The van der Waals surface area contributed by atoms with Gasteiger partial charge in [0.15, 0.2) is 0 Å². The van der Waals surface area contributed by atoms with Crippen molar-refractivity contribution >= 4 is 32.3 Å². The second-order valence-electron chi connectivity index (χ2n) is 13.7. The van der Waals surface area contributed by atoms with E-state index >= 15 is 0 Å². The van der Waals surface area contributed by atoms with Crippen LogP contribution in [0.5, 0.6) is 0 Å². The minimum atomic E-state index is 0.561. The molecule has 0 aliphatic rings. The number of benzene rings is 7. The molecule has 0 heterocycles. The van der Waals surface area contributed by atoms with E-state index in [-0.39, 0.29) is 0 Å². The molecule has 0 spiro atoms. The van der Waals surface area contributed by atoms with Crippen molar-refractivity contribution in [3.8, 4) is 22.3 Å². The summed E-state index contributed by atoms with van der Waals surface area (Å²) in [6.07, 6.45) is 5.87. The molecule has 0 unspecified atom stereocenters. The first-order valence-corrected chi connectivity index (χ1v) is 18.6. The fraction of sp³-hybridized carbons (Fsp3) is 0.240. The first-order chi connectivity index (χ1) is 24.4. The van der Waals surface area contributed by atoms with Gasteiger partial charge in [-0.25, -0.2) is 0 Å². The molecule has 7 aromatic rings. The minimum absolute atomic E-state index is 0.561. The van der Waals surface area contributed by atoms with Gasteiger partial charge in [0.2, 0.25) is 0 Å². The Bertz CT molecular complexity index is 2090. The molecule has 0 amide bonds. The van der Waals surface area contributed by atoms with Gasteiger partial charge in [0.1, 0.15) is 0 Å². The number of fused-ring (bicyclic) bond motifs is 3. The van der Waals surface area contributed by atoms with Gasteiger partial charge in [0, 0.05) is 5.92 Å². The van der Waals surface area contributed by atoms with E-state index in [0.29, 0.717) is 11.8 Å². The zero-order valence-corrected chi connectivity index (χ0v) is 31.2. The van der Waals surface area contributed by atoms with Crippen LogP contribution in [0.4, 0.5) is 0 Å². The molecule has 0 fully saturated rings. The third-order valence-corrected chi connectivity index (χ3v) is 9.54. The second-order valence-corrected chi connectivity index (χ2v) is 13.7. The van der Waals surface area contributed by atoms with Gasteiger partial charge in [0.05, 0.1) is 0 Å². The minimum Gasteiger partial charge on any atom is -0.0778 e. The highest BCUT2D eigenvalue weighted by atomic mass is 14.2. The molecule has 254 valence electrons. The smallest absolute Gasteiger partial charge is 0.00435 e. The molecule has 0 aromatic heterocycles. The van der Waals surface area contributed by atoms with E-state index in [0.717, 1.165) is 12.8 Å². The van der Waals surface area contributed by atoms with Gasteiger partial charge in [0.25, 0.3) is 0 Å². The van der Waals surface area contributed by atoms with Crippen molar-refractivity contribution < 1.29 is 0 Å². The van der Waals surface area contributed by atoms with Crippen molar-refractivity contribution in [1.29, 1.82) is 0 Å². The van der Waals surface area contributed by atoms with Crippen molar-refractivity contribution in [1.82, 2.24) is 0 Å². The lowest BCUT2D eigenvalue weighted by molar-refractivity contribution is 0.574. The zero-order chi connectivity index (χ0) is 35.5. The molecule has 0 heteroatoms. The first-order valence-electron chi connectivity index (χ1n) is 18.6. The molecule has 50 heavy (non-hydrogen) atoms. The molecular formula is C50H54. The van der Waals surface area contributed by atoms with E-state index in [1.54, 1.807) is 0 Å². The van der Waals surface area contributed by atoms with Gasteiger partial charge in [-0.1, -0.05) is 199 Å². The predicted octanol–water partition coefficient (Wildman–Crippen LogP) is 15.2. The zero-order valence-electron chi connectivity index (χ0n) is 31.2. The summed E-state index contributed by atoms with van der Waals surface area (Å²) in [5, 5.41) is 7.76. The van der Waals surface area contributed by atoms with Crippen LogP contribution >= 0.6 is 0 Å². The standard InChI is InChI=1S/C32H24.C15H22.C3H8/c1-2-22-15-17-24(18-16-22)31-27-11-5-7-13-29(27)32(30-14-8-6-12-28(30)31)26-20-19-23-9-3-4-10-25(23)21-26;1-5-13(4)11-15(12(2)3)14-9-7-6-8-10-14;1-3-2/h3-21H,2H2,1H3;6-12,15H,5H2,1-4H3;3H2,1-2H3/t;15-;/m.0./s1. The van der Waals surface area contributed by atoms with Crippen molar-refractivity contribution in [3.63, 3.8) is 0 Å². The second kappa shape index (κ2) is 17.6. The number of aryl methyl sites for hydroxylation is 1. The highest BCUT2D eigenvalue weighted by molar-refractivity contribution is 6.21. The van der Waals surface area contributed by atoms with Crippen LogP contribution in [0.15, 0.2) is 157 Å². The molecule has 0 bridgehead atoms. The Morgan fingerprint density at radius 2 is 0.980 bits per heavy atom. The monoisotopic (exact) mass is 654 g/mol. The maximum Gasteiger partial charge on any atom is 0.00435 e. The summed E-state index contributed by atoms with van der Waals surface area (Å²) in [5.41, 5.74) is 9.47. The Kier molecular flexibility index (Phi) is 12.8. The summed E-state index contributed by atoms with van der Waals surface area (Å²) in [4.78, 5) is 0. The molecule has 0 nitrogen and oxygen atoms in total. The van der Waals surface area contributed by atoms with Crippen molar-refractivity contribution in [2.75, 3.05) is 0 Å². The molecule has 0 aliphatic heterocycles. The van der Waals surface area contributed by atoms with Gasteiger partial charge in [-0.05, 0) is 97.4 Å². The predicted molar refractivity (Wildman–Crippen MR) is 223 cm³/mol. The Balaban J connectivity index is 0.000000227. The van der Waals surface area contributed by atoms with Crippen LogP contribution in [-0.2, 0) is 6.42 Å². The Labute approximate surface area is 301 Å². The maximum absolute atomic E-state index is 2.42. The van der Waals surface area contributed by atoms with Gasteiger partial charge in [-0.2, -0.15) is 0 Å². The van der Waals surface area contributed by atoms with Gasteiger partial charge in [-0.3, -0.25) is 0 Å². The van der Waals surface area contributed by atoms with Crippen LogP contribution in [0.1, 0.15) is 78.4 Å². The Morgan fingerprint density at radius 1 is 0.520 bits per heavy atom. The Hall–Kier alpha value is -4.94. The third kappa shape index (κ3) is 8.43. The van der Waals surface area contributed by atoms with E-state index in [1.807, 2.05) is 0 Å². The molecule has 7 rings (SSSR count). The number of rotatable bonds is 7. The summed E-state index contributed by atoms with van der Waals surface area (Å²) < 4.78 is 0. The van der Waals surface area contributed by atoms with Crippen molar-refractivity contribution in [2.24, 2.45) is 5.92 Å². The average molecular weight is 655 g/mol. The van der Waals surface area contributed by atoms with Crippen LogP contribution in [-0.4, -0.2) is 0 Å². The molecule has 7 aromatic carbocycles. The summed E-state index contributed by atoms with van der Waals surface area (Å²) in [6, 6.07) is 53.0. The fourth-order valence-electron chi connectivity index (χ4n) is 6.78. The van der Waals surface area contributed by atoms with E-state index < -0.39 is 0 Å². The first kappa shape index (κ1) is 36.3. The molecule has 0 aliphatic carbocycles. The molecule has 0 radical (unpaired) electrons. The highest BCUT2D eigenvalue weighted by Gasteiger charge is 2.17. The summed E-state index contributed by atoms with van der Waals surface area (Å²) in [7, 11) is 0. The third-order valence-electron chi connectivity index (χ3n) is 9.54. The van der Waals surface area contributed by atoms with Gasteiger partial charge in [-0.15, -0.1) is 0 Å². The van der Waals surface area contributed by atoms with E-state index in [9.17, 15) is 0 Å². The molecule has 0 saturated carbocycles. The highest BCUT2D eigenvalue weighted by Crippen LogP contribution is 2.44. The van der Waals surface area contributed by atoms with Crippen LogP contribution in [0.3, 0.4) is 0 Å². The van der Waals surface area contributed by atoms with E-state index in [4.69, 9.17) is 0 Å². The van der Waals surface area contributed by atoms with Gasteiger partial charge < -0.3 is 0 Å². The lowest BCUT2D eigenvalue weighted by Crippen LogP contribution is -2.04. The fourth-order valence-corrected chi connectivity index (χ4v) is 6.78.